The molecule has 7 nitrogen and oxygen atoms in total. The number of hydrogen-bond donors (Lipinski definition) is 1. The first-order valence-electron chi connectivity index (χ1n) is 10.6. The summed E-state index contributed by atoms with van der Waals surface area (Å²) in [6, 6.07) is 7.01. The van der Waals surface area contributed by atoms with Crippen LogP contribution in [0, 0.1) is 0 Å². The Bertz CT molecular complexity index is 1020. The van der Waals surface area contributed by atoms with E-state index < -0.39 is 9.84 Å². The summed E-state index contributed by atoms with van der Waals surface area (Å²) in [6.45, 7) is 9.97. The first-order valence-corrected chi connectivity index (χ1v) is 13.1. The number of nitrogens with one attached hydrogen (secondary N) is 1. The number of benzene rings is 1. The molecule has 1 aromatic carbocycles. The van der Waals surface area contributed by atoms with Crippen molar-refractivity contribution in [2.45, 2.75) is 57.2 Å². The van der Waals surface area contributed by atoms with Crippen LogP contribution in [0.1, 0.15) is 45.0 Å². The van der Waals surface area contributed by atoms with Crippen LogP contribution in [-0.2, 0) is 22.1 Å². The maximum Gasteiger partial charge on any atom is 0.228 e. The molecule has 0 fully saturated rings. The van der Waals surface area contributed by atoms with Gasteiger partial charge in [-0.1, -0.05) is 23.7 Å². The van der Waals surface area contributed by atoms with E-state index in [4.69, 9.17) is 23.8 Å². The fourth-order valence-corrected chi connectivity index (χ4v) is 5.49. The van der Waals surface area contributed by atoms with Gasteiger partial charge in [-0.2, -0.15) is 0 Å². The topological polar surface area (TPSA) is 70.5 Å². The number of nitrogens with zero attached hydrogens (tertiary/aromatic N) is 4. The van der Waals surface area contributed by atoms with E-state index in [0.29, 0.717) is 28.8 Å². The zero-order valence-corrected chi connectivity index (χ0v) is 22.1. The van der Waals surface area contributed by atoms with Crippen molar-refractivity contribution >= 4 is 38.8 Å². The molecule has 1 heterocycles. The van der Waals surface area contributed by atoms with Crippen molar-refractivity contribution in [1.29, 1.82) is 0 Å². The van der Waals surface area contributed by atoms with Crippen molar-refractivity contribution in [2.75, 3.05) is 27.2 Å². The van der Waals surface area contributed by atoms with Gasteiger partial charge in [-0.15, -0.1) is 0 Å². The summed E-state index contributed by atoms with van der Waals surface area (Å²) < 4.78 is 28.3. The fraction of sp³-hybridized carbons (Fsp3) is 0.545. The number of rotatable bonds is 10. The number of aromatic nitrogens is 2. The third-order valence-electron chi connectivity index (χ3n) is 4.75. The summed E-state index contributed by atoms with van der Waals surface area (Å²) in [7, 11) is 0.352. The average molecular weight is 500 g/mol. The molecule has 2 aromatic rings. The van der Waals surface area contributed by atoms with Crippen molar-refractivity contribution in [3.8, 4) is 0 Å². The summed E-state index contributed by atoms with van der Waals surface area (Å²) in [5, 5.41) is 4.50. The molecule has 10 heteroatoms. The summed E-state index contributed by atoms with van der Waals surface area (Å²) in [6.07, 6.45) is 1.64. The molecule has 0 amide bonds. The highest BCUT2D eigenvalue weighted by molar-refractivity contribution is 7.90. The van der Waals surface area contributed by atoms with Crippen LogP contribution in [0.5, 0.6) is 0 Å². The van der Waals surface area contributed by atoms with Gasteiger partial charge >= 0.3 is 0 Å². The second-order valence-corrected chi connectivity index (χ2v) is 11.4. The van der Waals surface area contributed by atoms with Gasteiger partial charge in [0.05, 0.1) is 24.2 Å². The first-order chi connectivity index (χ1) is 14.9. The largest absolute Gasteiger partial charge is 0.360 e. The first kappa shape index (κ1) is 26.6. The van der Waals surface area contributed by atoms with Crippen LogP contribution in [0.2, 0.25) is 5.02 Å². The van der Waals surface area contributed by atoms with E-state index in [0.717, 1.165) is 12.2 Å². The Balaban J connectivity index is 2.36. The zero-order chi connectivity index (χ0) is 24.1. The molecule has 178 valence electrons. The molecule has 32 heavy (non-hydrogen) atoms. The lowest BCUT2D eigenvalue weighted by Gasteiger charge is -2.29. The third-order valence-corrected chi connectivity index (χ3v) is 6.93. The Hall–Kier alpha value is -1.68. The van der Waals surface area contributed by atoms with Crippen molar-refractivity contribution in [3.63, 3.8) is 0 Å². The summed E-state index contributed by atoms with van der Waals surface area (Å²) in [4.78, 5) is 8.48. The molecule has 0 saturated carbocycles. The van der Waals surface area contributed by atoms with Crippen LogP contribution in [-0.4, -0.2) is 66.1 Å². The maximum absolute atomic E-state index is 13.2. The van der Waals surface area contributed by atoms with E-state index in [1.54, 1.807) is 35.0 Å². The van der Waals surface area contributed by atoms with Crippen molar-refractivity contribution in [1.82, 2.24) is 24.7 Å². The van der Waals surface area contributed by atoms with Crippen LogP contribution < -0.4 is 5.32 Å². The lowest BCUT2D eigenvalue weighted by Crippen LogP contribution is -2.45. The van der Waals surface area contributed by atoms with Crippen molar-refractivity contribution in [2.24, 2.45) is 0 Å². The van der Waals surface area contributed by atoms with E-state index >= 15 is 0 Å². The van der Waals surface area contributed by atoms with Gasteiger partial charge in [-0.05, 0) is 71.7 Å². The lowest BCUT2D eigenvalue weighted by atomic mass is 10.2. The van der Waals surface area contributed by atoms with Crippen LogP contribution >= 0.6 is 23.8 Å². The van der Waals surface area contributed by atoms with Gasteiger partial charge in [0.1, 0.15) is 0 Å². The van der Waals surface area contributed by atoms with E-state index in [-0.39, 0.29) is 23.0 Å². The van der Waals surface area contributed by atoms with Crippen molar-refractivity contribution < 1.29 is 8.42 Å². The quantitative estimate of drug-likeness (QED) is 0.499. The van der Waals surface area contributed by atoms with Gasteiger partial charge in [0, 0.05) is 30.2 Å². The second-order valence-electron chi connectivity index (χ2n) is 8.71. The highest BCUT2D eigenvalue weighted by Crippen LogP contribution is 2.23. The Kier molecular flexibility index (Phi) is 9.51. The van der Waals surface area contributed by atoms with Crippen LogP contribution in [0.15, 0.2) is 35.6 Å². The standard InChI is InChI=1S/C22H34ClN5O2S2/c1-16(2)25-21(31)27(11-10-26(5)6)14-20-13-24-22(28(20)17(3)4)32(29,30)15-18-8-7-9-19(23)12-18/h7-9,12-13,16-17H,10-11,14-15H2,1-6H3,(H,25,31). The lowest BCUT2D eigenvalue weighted by molar-refractivity contribution is 0.313. The Morgan fingerprint density at radius 1 is 1.22 bits per heavy atom. The molecule has 0 saturated heterocycles. The highest BCUT2D eigenvalue weighted by atomic mass is 35.5. The molecule has 0 spiro atoms. The smallest absolute Gasteiger partial charge is 0.228 e. The molecule has 0 atom stereocenters. The van der Waals surface area contributed by atoms with Gasteiger partial charge in [-0.25, -0.2) is 13.4 Å². The summed E-state index contributed by atoms with van der Waals surface area (Å²) >= 11 is 11.7. The Morgan fingerprint density at radius 2 is 1.91 bits per heavy atom. The molecule has 0 radical (unpaired) electrons. The molecule has 0 unspecified atom stereocenters. The number of thiocarbonyl (C=S) groups is 1. The maximum atomic E-state index is 13.2. The number of imidazole rings is 1. The van der Waals surface area contributed by atoms with E-state index in [2.05, 4.69) is 20.1 Å². The summed E-state index contributed by atoms with van der Waals surface area (Å²) in [5.74, 6) is -0.158. The van der Waals surface area contributed by atoms with Gasteiger partial charge in [0.15, 0.2) is 5.11 Å². The van der Waals surface area contributed by atoms with E-state index in [1.807, 2.05) is 41.8 Å². The third kappa shape index (κ3) is 7.43. The number of sulfone groups is 1. The minimum Gasteiger partial charge on any atom is -0.360 e. The molecule has 0 aliphatic heterocycles. The predicted octanol–water partition coefficient (Wildman–Crippen LogP) is 3.74. The molecule has 0 aliphatic rings. The zero-order valence-electron chi connectivity index (χ0n) is 19.7. The van der Waals surface area contributed by atoms with Crippen LogP contribution in [0.3, 0.4) is 0 Å². The number of hydrogen-bond acceptors (Lipinski definition) is 5. The van der Waals surface area contributed by atoms with Gasteiger partial charge in [-0.3, -0.25) is 0 Å². The van der Waals surface area contributed by atoms with E-state index in [1.165, 1.54) is 0 Å². The van der Waals surface area contributed by atoms with E-state index in [9.17, 15) is 8.42 Å². The normalized spacial score (nSPS) is 12.1. The van der Waals surface area contributed by atoms with Gasteiger partial charge in [0.2, 0.25) is 15.0 Å². The minimum atomic E-state index is -3.67. The molecule has 1 aromatic heterocycles. The molecule has 0 bridgehead atoms. The molecular weight excluding hydrogens is 466 g/mol. The van der Waals surface area contributed by atoms with Crippen molar-refractivity contribution in [3.05, 3.63) is 46.7 Å². The number of likely N-dealkylation sites (N-methyl/N-ethyl adjacent to an activating group) is 1. The van der Waals surface area contributed by atoms with Crippen LogP contribution in [0.4, 0.5) is 0 Å². The van der Waals surface area contributed by atoms with Gasteiger partial charge < -0.3 is 19.7 Å². The highest BCUT2D eigenvalue weighted by Gasteiger charge is 2.26. The minimum absolute atomic E-state index is 0.0674. The Morgan fingerprint density at radius 3 is 2.47 bits per heavy atom. The van der Waals surface area contributed by atoms with Gasteiger partial charge in [0.25, 0.3) is 0 Å². The predicted molar refractivity (Wildman–Crippen MR) is 135 cm³/mol. The monoisotopic (exact) mass is 499 g/mol. The molecule has 0 aliphatic carbocycles. The number of halogens is 1. The average Bonchev–Trinajstić information content (AvgIpc) is 3.09. The Labute approximate surface area is 202 Å². The SMILES string of the molecule is CC(C)NC(=S)N(CCN(C)C)Cc1cnc(S(=O)(=O)Cc2cccc(Cl)c2)n1C(C)C. The van der Waals surface area contributed by atoms with Crippen LogP contribution in [0.25, 0.3) is 0 Å². The fourth-order valence-electron chi connectivity index (χ4n) is 3.29. The molecule has 2 rings (SSSR count). The molecular formula is C22H34ClN5O2S2. The summed E-state index contributed by atoms with van der Waals surface area (Å²) in [5.41, 5.74) is 1.43. The second kappa shape index (κ2) is 11.4. The molecule has 1 N–H and O–H groups in total.